The second kappa shape index (κ2) is 2.97. The van der Waals surface area contributed by atoms with Gasteiger partial charge in [0.25, 0.3) is 0 Å². The van der Waals surface area contributed by atoms with Gasteiger partial charge in [-0.25, -0.2) is 0 Å². The van der Waals surface area contributed by atoms with E-state index in [2.05, 4.69) is 0 Å². The Bertz CT molecular complexity index is 385. The van der Waals surface area contributed by atoms with Crippen molar-refractivity contribution in [3.8, 4) is 5.75 Å². The van der Waals surface area contributed by atoms with Gasteiger partial charge < -0.3 is 15.6 Å². The molecule has 2 atom stereocenters. The zero-order valence-corrected chi connectivity index (χ0v) is 9.32. The fourth-order valence-electron chi connectivity index (χ4n) is 1.89. The average molecular weight is 207 g/mol. The number of ether oxygens (including phenoxy) is 1. The van der Waals surface area contributed by atoms with Crippen LogP contribution < -0.4 is 10.5 Å². The van der Waals surface area contributed by atoms with E-state index in [9.17, 15) is 5.11 Å². The lowest BCUT2D eigenvalue weighted by Gasteiger charge is -2.48. The summed E-state index contributed by atoms with van der Waals surface area (Å²) in [6, 6.07) is 7.16. The third-order valence-electron chi connectivity index (χ3n) is 3.44. The number of para-hydroxylation sites is 1. The molecule has 1 aliphatic heterocycles. The van der Waals surface area contributed by atoms with Gasteiger partial charge in [0.05, 0.1) is 6.04 Å². The highest BCUT2D eigenvalue weighted by Crippen LogP contribution is 2.44. The molecule has 0 aromatic heterocycles. The minimum Gasteiger partial charge on any atom is -0.484 e. The maximum absolute atomic E-state index is 10.4. The van der Waals surface area contributed by atoms with Crippen LogP contribution in [-0.4, -0.2) is 16.3 Å². The topological polar surface area (TPSA) is 55.5 Å². The van der Waals surface area contributed by atoms with E-state index in [1.54, 1.807) is 6.92 Å². The Labute approximate surface area is 89.9 Å². The Kier molecular flexibility index (Phi) is 2.07. The molecule has 3 N–H and O–H groups in total. The molecule has 0 aliphatic carbocycles. The van der Waals surface area contributed by atoms with Gasteiger partial charge in [0.1, 0.15) is 17.0 Å². The normalized spacial score (nSPS) is 33.0. The number of nitrogens with two attached hydrogens (primary N) is 1. The molecule has 0 saturated heterocycles. The van der Waals surface area contributed by atoms with Crippen molar-refractivity contribution in [3.05, 3.63) is 29.8 Å². The SMILES string of the molecule is CC1(C)Oc2ccccc2C(N)C1(C)O. The van der Waals surface area contributed by atoms with Crippen LogP contribution in [0.15, 0.2) is 24.3 Å². The van der Waals surface area contributed by atoms with E-state index >= 15 is 0 Å². The predicted molar refractivity (Wildman–Crippen MR) is 58.7 cm³/mol. The van der Waals surface area contributed by atoms with Crippen molar-refractivity contribution in [1.29, 1.82) is 0 Å². The highest BCUT2D eigenvalue weighted by molar-refractivity contribution is 5.41. The van der Waals surface area contributed by atoms with Crippen LogP contribution in [0.25, 0.3) is 0 Å². The summed E-state index contributed by atoms with van der Waals surface area (Å²) in [7, 11) is 0. The highest BCUT2D eigenvalue weighted by atomic mass is 16.5. The lowest BCUT2D eigenvalue weighted by atomic mass is 9.76. The van der Waals surface area contributed by atoms with Crippen molar-refractivity contribution in [2.24, 2.45) is 5.73 Å². The van der Waals surface area contributed by atoms with Crippen LogP contribution >= 0.6 is 0 Å². The van der Waals surface area contributed by atoms with Crippen molar-refractivity contribution in [2.45, 2.75) is 38.0 Å². The molecule has 3 nitrogen and oxygen atoms in total. The molecule has 0 amide bonds. The van der Waals surface area contributed by atoms with Crippen molar-refractivity contribution in [3.63, 3.8) is 0 Å². The van der Waals surface area contributed by atoms with E-state index in [0.29, 0.717) is 0 Å². The third-order valence-corrected chi connectivity index (χ3v) is 3.44. The Balaban J connectivity index is 2.56. The maximum atomic E-state index is 10.4. The minimum atomic E-state index is -1.07. The molecule has 0 spiro atoms. The van der Waals surface area contributed by atoms with E-state index in [1.165, 1.54) is 0 Å². The summed E-state index contributed by atoms with van der Waals surface area (Å²) in [5.74, 6) is 0.765. The smallest absolute Gasteiger partial charge is 0.134 e. The quantitative estimate of drug-likeness (QED) is 0.679. The average Bonchev–Trinajstić information content (AvgIpc) is 2.15. The summed E-state index contributed by atoms with van der Waals surface area (Å²) in [5.41, 5.74) is 5.18. The van der Waals surface area contributed by atoms with Crippen LogP contribution in [0.2, 0.25) is 0 Å². The molecule has 0 radical (unpaired) electrons. The van der Waals surface area contributed by atoms with E-state index < -0.39 is 17.2 Å². The van der Waals surface area contributed by atoms with Gasteiger partial charge in [0.15, 0.2) is 0 Å². The molecular weight excluding hydrogens is 190 g/mol. The summed E-state index contributed by atoms with van der Waals surface area (Å²) < 4.78 is 5.77. The van der Waals surface area contributed by atoms with Crippen molar-refractivity contribution in [1.82, 2.24) is 0 Å². The zero-order chi connectivity index (χ0) is 11.3. The monoisotopic (exact) mass is 207 g/mol. The second-order valence-corrected chi connectivity index (χ2v) is 4.78. The summed E-state index contributed by atoms with van der Waals surface area (Å²) in [5, 5.41) is 10.4. The lowest BCUT2D eigenvalue weighted by Crippen LogP contribution is -2.60. The number of hydrogen-bond acceptors (Lipinski definition) is 3. The van der Waals surface area contributed by atoms with Gasteiger partial charge in [-0.2, -0.15) is 0 Å². The first-order chi connectivity index (χ1) is 6.86. The van der Waals surface area contributed by atoms with Crippen molar-refractivity contribution in [2.75, 3.05) is 0 Å². The van der Waals surface area contributed by atoms with Gasteiger partial charge in [0.2, 0.25) is 0 Å². The summed E-state index contributed by atoms with van der Waals surface area (Å²) >= 11 is 0. The maximum Gasteiger partial charge on any atom is 0.134 e. The van der Waals surface area contributed by atoms with Gasteiger partial charge in [-0.15, -0.1) is 0 Å². The number of hydrogen-bond donors (Lipinski definition) is 2. The van der Waals surface area contributed by atoms with Crippen LogP contribution in [-0.2, 0) is 0 Å². The Hall–Kier alpha value is -1.06. The van der Waals surface area contributed by atoms with Gasteiger partial charge in [-0.05, 0) is 26.8 Å². The van der Waals surface area contributed by atoms with E-state index in [0.717, 1.165) is 11.3 Å². The predicted octanol–water partition coefficient (Wildman–Crippen LogP) is 1.61. The fourth-order valence-corrected chi connectivity index (χ4v) is 1.89. The molecule has 1 aromatic rings. The molecule has 1 aromatic carbocycles. The van der Waals surface area contributed by atoms with E-state index in [4.69, 9.17) is 10.5 Å². The van der Waals surface area contributed by atoms with Crippen LogP contribution in [0, 0.1) is 0 Å². The van der Waals surface area contributed by atoms with Crippen LogP contribution in [0.3, 0.4) is 0 Å². The van der Waals surface area contributed by atoms with Gasteiger partial charge in [0, 0.05) is 5.56 Å². The minimum absolute atomic E-state index is 0.419. The first-order valence-corrected chi connectivity index (χ1v) is 5.12. The van der Waals surface area contributed by atoms with Crippen LogP contribution in [0.1, 0.15) is 32.4 Å². The first kappa shape index (κ1) is 10.5. The van der Waals surface area contributed by atoms with E-state index in [1.807, 2.05) is 38.1 Å². The summed E-state index contributed by atoms with van der Waals surface area (Å²) in [4.78, 5) is 0. The zero-order valence-electron chi connectivity index (χ0n) is 9.32. The summed E-state index contributed by atoms with van der Waals surface area (Å²) in [6.45, 7) is 5.42. The van der Waals surface area contributed by atoms with Gasteiger partial charge in [-0.1, -0.05) is 18.2 Å². The molecule has 0 saturated carbocycles. The van der Waals surface area contributed by atoms with E-state index in [-0.39, 0.29) is 0 Å². The highest BCUT2D eigenvalue weighted by Gasteiger charge is 2.50. The van der Waals surface area contributed by atoms with Crippen molar-refractivity contribution < 1.29 is 9.84 Å². The molecule has 15 heavy (non-hydrogen) atoms. The second-order valence-electron chi connectivity index (χ2n) is 4.78. The fraction of sp³-hybridized carbons (Fsp3) is 0.500. The number of benzene rings is 1. The Morgan fingerprint density at radius 1 is 1.27 bits per heavy atom. The molecule has 0 bridgehead atoms. The number of fused-ring (bicyclic) bond motifs is 1. The standard InChI is InChI=1S/C12H17NO2/c1-11(2)12(3,14)10(13)8-6-4-5-7-9(8)15-11/h4-7,10,14H,13H2,1-3H3. The van der Waals surface area contributed by atoms with Crippen molar-refractivity contribution >= 4 is 0 Å². The molecule has 1 heterocycles. The van der Waals surface area contributed by atoms with Crippen LogP contribution in [0.5, 0.6) is 5.75 Å². The third kappa shape index (κ3) is 1.34. The number of rotatable bonds is 0. The summed E-state index contributed by atoms with van der Waals surface area (Å²) in [6.07, 6.45) is 0. The lowest BCUT2D eigenvalue weighted by molar-refractivity contribution is -0.132. The molecule has 0 fully saturated rings. The Morgan fingerprint density at radius 3 is 2.53 bits per heavy atom. The van der Waals surface area contributed by atoms with Gasteiger partial charge >= 0.3 is 0 Å². The largest absolute Gasteiger partial charge is 0.484 e. The Morgan fingerprint density at radius 2 is 1.87 bits per heavy atom. The molecule has 3 heteroatoms. The van der Waals surface area contributed by atoms with Crippen LogP contribution in [0.4, 0.5) is 0 Å². The molecule has 82 valence electrons. The number of aliphatic hydroxyl groups is 1. The first-order valence-electron chi connectivity index (χ1n) is 5.12. The van der Waals surface area contributed by atoms with Gasteiger partial charge in [-0.3, -0.25) is 0 Å². The molecule has 2 unspecified atom stereocenters. The molecular formula is C12H17NO2. The molecule has 1 aliphatic rings. The molecule has 2 rings (SSSR count).